The summed E-state index contributed by atoms with van der Waals surface area (Å²) in [5.74, 6) is 0.0800. The minimum absolute atomic E-state index is 0.0865. The topological polar surface area (TPSA) is 77.8 Å². The van der Waals surface area contributed by atoms with Crippen LogP contribution in [0.2, 0.25) is 5.02 Å². The molecule has 0 saturated carbocycles. The molecule has 7 heteroatoms. The first-order chi connectivity index (χ1) is 11.0. The summed E-state index contributed by atoms with van der Waals surface area (Å²) in [7, 11) is 1.24. The highest BCUT2D eigenvalue weighted by Gasteiger charge is 2.13. The molecule has 2 rings (SSSR count). The highest BCUT2D eigenvalue weighted by Crippen LogP contribution is 2.28. The molecule has 0 fully saturated rings. The first kappa shape index (κ1) is 16.9. The van der Waals surface area contributed by atoms with Gasteiger partial charge in [-0.25, -0.2) is 0 Å². The van der Waals surface area contributed by atoms with Gasteiger partial charge in [0.05, 0.1) is 12.1 Å². The van der Waals surface area contributed by atoms with Gasteiger partial charge in [-0.2, -0.15) is 0 Å². The van der Waals surface area contributed by atoms with Gasteiger partial charge in [0.25, 0.3) is 5.91 Å². The fourth-order valence-electron chi connectivity index (χ4n) is 1.83. The Kier molecular flexibility index (Phi) is 5.65. The van der Waals surface area contributed by atoms with Crippen molar-refractivity contribution in [2.24, 2.45) is 0 Å². The van der Waals surface area contributed by atoms with E-state index in [1.165, 1.54) is 13.2 Å². The molecule has 122 valence electrons. The van der Waals surface area contributed by atoms with Crippen LogP contribution in [0.5, 0.6) is 5.75 Å². The van der Waals surface area contributed by atoms with E-state index >= 15 is 0 Å². The molecule has 2 aromatic rings. The average Bonchev–Trinajstić information content (AvgIpc) is 3.00. The minimum Gasteiger partial charge on any atom is -0.484 e. The monoisotopic (exact) mass is 337 g/mol. The quantitative estimate of drug-likeness (QED) is 0.820. The molecule has 1 N–H and O–H groups in total. The number of methoxy groups -OCH3 is 1. The van der Waals surface area contributed by atoms with Crippen molar-refractivity contribution in [3.05, 3.63) is 52.4 Å². The van der Waals surface area contributed by atoms with Gasteiger partial charge >= 0.3 is 5.97 Å². The van der Waals surface area contributed by atoms with Crippen LogP contribution in [0.1, 0.15) is 21.9 Å². The largest absolute Gasteiger partial charge is 0.484 e. The van der Waals surface area contributed by atoms with E-state index < -0.39 is 11.9 Å². The lowest BCUT2D eigenvalue weighted by Gasteiger charge is -2.09. The number of benzene rings is 1. The third-order valence-corrected chi connectivity index (χ3v) is 3.33. The van der Waals surface area contributed by atoms with Crippen LogP contribution in [0.3, 0.4) is 0 Å². The van der Waals surface area contributed by atoms with Gasteiger partial charge < -0.3 is 19.2 Å². The molecule has 0 aliphatic rings. The summed E-state index contributed by atoms with van der Waals surface area (Å²) in [4.78, 5) is 22.8. The SMILES string of the molecule is COC(=O)CNC(=O)c1ccc(COc2c(C)cccc2Cl)o1. The zero-order valence-electron chi connectivity index (χ0n) is 12.7. The van der Waals surface area contributed by atoms with E-state index in [9.17, 15) is 9.59 Å². The fourth-order valence-corrected chi connectivity index (χ4v) is 2.11. The summed E-state index contributed by atoms with van der Waals surface area (Å²) < 4.78 is 15.4. The molecular weight excluding hydrogens is 322 g/mol. The Bertz CT molecular complexity index is 690. The second-order valence-electron chi connectivity index (χ2n) is 4.70. The summed E-state index contributed by atoms with van der Waals surface area (Å²) in [6.45, 7) is 1.80. The molecule has 0 unspecified atom stereocenters. The van der Waals surface area contributed by atoms with Crippen molar-refractivity contribution in [2.75, 3.05) is 13.7 Å². The molecule has 0 aliphatic carbocycles. The Morgan fingerprint density at radius 1 is 1.26 bits per heavy atom. The predicted octanol–water partition coefficient (Wildman–Crippen LogP) is 2.72. The molecule has 0 spiro atoms. The Balaban J connectivity index is 1.94. The number of carbonyl (C=O) groups is 2. The molecule has 1 amide bonds. The van der Waals surface area contributed by atoms with Crippen LogP contribution in [0, 0.1) is 6.92 Å². The maximum atomic E-state index is 11.8. The summed E-state index contributed by atoms with van der Waals surface area (Å²) >= 11 is 6.07. The van der Waals surface area contributed by atoms with Gasteiger partial charge in [-0.3, -0.25) is 9.59 Å². The summed E-state index contributed by atoms with van der Waals surface area (Å²) in [5, 5.41) is 2.89. The normalized spacial score (nSPS) is 10.2. The Morgan fingerprint density at radius 2 is 2.04 bits per heavy atom. The molecule has 6 nitrogen and oxygen atoms in total. The second-order valence-corrected chi connectivity index (χ2v) is 5.11. The van der Waals surface area contributed by atoms with E-state index in [1.807, 2.05) is 19.1 Å². The summed E-state index contributed by atoms with van der Waals surface area (Å²) in [5.41, 5.74) is 0.903. The van der Waals surface area contributed by atoms with Crippen molar-refractivity contribution >= 4 is 23.5 Å². The Hall–Kier alpha value is -2.47. The van der Waals surface area contributed by atoms with E-state index in [0.29, 0.717) is 16.5 Å². The molecule has 1 aromatic heterocycles. The van der Waals surface area contributed by atoms with Crippen molar-refractivity contribution in [2.45, 2.75) is 13.5 Å². The number of hydrogen-bond acceptors (Lipinski definition) is 5. The summed E-state index contributed by atoms with van der Waals surface area (Å²) in [6.07, 6.45) is 0. The number of esters is 1. The molecule has 1 aromatic carbocycles. The molecule has 0 aliphatic heterocycles. The maximum absolute atomic E-state index is 11.8. The van der Waals surface area contributed by atoms with E-state index in [-0.39, 0.29) is 18.9 Å². The number of hydrogen-bond donors (Lipinski definition) is 1. The van der Waals surface area contributed by atoms with Crippen LogP contribution < -0.4 is 10.1 Å². The van der Waals surface area contributed by atoms with E-state index in [1.54, 1.807) is 12.1 Å². The third kappa shape index (κ3) is 4.50. The first-order valence-electron chi connectivity index (χ1n) is 6.83. The third-order valence-electron chi connectivity index (χ3n) is 3.03. The van der Waals surface area contributed by atoms with Gasteiger partial charge in [-0.15, -0.1) is 0 Å². The molecular formula is C16H16ClNO5. The molecule has 0 bridgehead atoms. The first-order valence-corrected chi connectivity index (χ1v) is 7.20. The van der Waals surface area contributed by atoms with E-state index in [2.05, 4.69) is 10.1 Å². The van der Waals surface area contributed by atoms with Gasteiger partial charge in [0.2, 0.25) is 0 Å². The number of carbonyl (C=O) groups excluding carboxylic acids is 2. The molecule has 23 heavy (non-hydrogen) atoms. The molecule has 0 radical (unpaired) electrons. The lowest BCUT2D eigenvalue weighted by atomic mass is 10.2. The predicted molar refractivity (Wildman–Crippen MR) is 83.6 cm³/mol. The number of rotatable bonds is 6. The van der Waals surface area contributed by atoms with Crippen LogP contribution in [0.15, 0.2) is 34.7 Å². The zero-order chi connectivity index (χ0) is 16.8. The van der Waals surface area contributed by atoms with Crippen molar-refractivity contribution in [3.8, 4) is 5.75 Å². The van der Waals surface area contributed by atoms with Crippen molar-refractivity contribution in [3.63, 3.8) is 0 Å². The van der Waals surface area contributed by atoms with Crippen LogP contribution >= 0.6 is 11.6 Å². The number of furan rings is 1. The highest BCUT2D eigenvalue weighted by atomic mass is 35.5. The van der Waals surface area contributed by atoms with Crippen LogP contribution in [0.25, 0.3) is 0 Å². The lowest BCUT2D eigenvalue weighted by molar-refractivity contribution is -0.139. The van der Waals surface area contributed by atoms with Gasteiger partial charge in [0, 0.05) is 0 Å². The van der Waals surface area contributed by atoms with Crippen molar-refractivity contribution < 1.29 is 23.5 Å². The average molecular weight is 338 g/mol. The van der Waals surface area contributed by atoms with Crippen LogP contribution in [0.4, 0.5) is 0 Å². The number of ether oxygens (including phenoxy) is 2. The van der Waals surface area contributed by atoms with Gasteiger partial charge in [0.15, 0.2) is 5.76 Å². The number of nitrogens with one attached hydrogen (secondary N) is 1. The Labute approximate surface area is 138 Å². The molecule has 0 atom stereocenters. The number of aryl methyl sites for hydroxylation is 1. The lowest BCUT2D eigenvalue weighted by Crippen LogP contribution is -2.29. The van der Waals surface area contributed by atoms with Crippen molar-refractivity contribution in [1.82, 2.24) is 5.32 Å². The zero-order valence-corrected chi connectivity index (χ0v) is 13.5. The van der Waals surface area contributed by atoms with Crippen LogP contribution in [-0.2, 0) is 16.1 Å². The number of para-hydroxylation sites is 1. The van der Waals surface area contributed by atoms with Crippen LogP contribution in [-0.4, -0.2) is 25.5 Å². The van der Waals surface area contributed by atoms with Crippen molar-refractivity contribution in [1.29, 1.82) is 0 Å². The maximum Gasteiger partial charge on any atom is 0.325 e. The standard InChI is InChI=1S/C16H16ClNO5/c1-10-4-3-5-12(17)15(10)22-9-11-6-7-13(23-11)16(20)18-8-14(19)21-2/h3-7H,8-9H2,1-2H3,(H,18,20). The smallest absolute Gasteiger partial charge is 0.325 e. The summed E-state index contributed by atoms with van der Waals surface area (Å²) in [6, 6.07) is 8.58. The van der Waals surface area contributed by atoms with Gasteiger partial charge in [0.1, 0.15) is 24.7 Å². The number of amides is 1. The number of halogens is 1. The Morgan fingerprint density at radius 3 is 2.74 bits per heavy atom. The molecule has 0 saturated heterocycles. The molecule has 1 heterocycles. The minimum atomic E-state index is -0.539. The van der Waals surface area contributed by atoms with Gasteiger partial charge in [-0.1, -0.05) is 23.7 Å². The fraction of sp³-hybridized carbons (Fsp3) is 0.250. The van der Waals surface area contributed by atoms with E-state index in [0.717, 1.165) is 5.56 Å². The second kappa shape index (κ2) is 7.69. The highest BCUT2D eigenvalue weighted by molar-refractivity contribution is 6.32. The van der Waals surface area contributed by atoms with E-state index in [4.69, 9.17) is 20.8 Å². The van der Waals surface area contributed by atoms with Gasteiger partial charge in [-0.05, 0) is 30.7 Å².